The highest BCUT2D eigenvalue weighted by Crippen LogP contribution is 2.45. The molecule has 10 heteroatoms. The number of carbonyl (C=O) groups is 3. The molecule has 1 fully saturated rings. The molecule has 170 valence electrons. The first kappa shape index (κ1) is 21.7. The number of benzene rings is 3. The Morgan fingerprint density at radius 3 is 2.21 bits per heavy atom. The number of hydrogen-bond donors (Lipinski definition) is 0. The normalized spacial score (nSPS) is 19.3. The van der Waals surface area contributed by atoms with Crippen molar-refractivity contribution in [3.63, 3.8) is 0 Å². The van der Waals surface area contributed by atoms with Crippen LogP contribution in [0.1, 0.15) is 37.9 Å². The lowest BCUT2D eigenvalue weighted by Crippen LogP contribution is -2.67. The molecule has 0 saturated carbocycles. The first-order valence-corrected chi connectivity index (χ1v) is 10.6. The topological polar surface area (TPSA) is 101 Å². The third kappa shape index (κ3) is 3.16. The minimum atomic E-state index is -1.21. The van der Waals surface area contributed by atoms with Crippen LogP contribution in [0.4, 0.5) is 15.8 Å². The third-order valence-corrected chi connectivity index (χ3v) is 6.51. The molecule has 0 spiro atoms. The van der Waals surface area contributed by atoms with Gasteiger partial charge >= 0.3 is 0 Å². The Bertz CT molecular complexity index is 1410. The van der Waals surface area contributed by atoms with Gasteiger partial charge in [0.05, 0.1) is 22.1 Å². The molecule has 2 atom stereocenters. The molecule has 0 aromatic heterocycles. The average molecular weight is 480 g/mol. The van der Waals surface area contributed by atoms with Crippen molar-refractivity contribution >= 4 is 40.7 Å². The highest BCUT2D eigenvalue weighted by molar-refractivity contribution is 6.32. The fourth-order valence-corrected chi connectivity index (χ4v) is 4.52. The van der Waals surface area contributed by atoms with E-state index in [0.717, 1.165) is 22.6 Å². The molecular weight excluding hydrogens is 465 g/mol. The lowest BCUT2D eigenvalue weighted by Gasteiger charge is -2.49. The van der Waals surface area contributed by atoms with Crippen molar-refractivity contribution in [1.29, 1.82) is 0 Å². The maximum atomic E-state index is 13.6. The summed E-state index contributed by atoms with van der Waals surface area (Å²) in [6, 6.07) is 11.8. The van der Waals surface area contributed by atoms with Gasteiger partial charge in [-0.1, -0.05) is 29.8 Å². The van der Waals surface area contributed by atoms with Crippen LogP contribution in [0.5, 0.6) is 0 Å². The highest BCUT2D eigenvalue weighted by Gasteiger charge is 2.57. The molecule has 0 bridgehead atoms. The molecule has 0 radical (unpaired) electrons. The third-order valence-electron chi connectivity index (χ3n) is 6.10. The van der Waals surface area contributed by atoms with Crippen molar-refractivity contribution in [3.8, 4) is 0 Å². The molecule has 8 nitrogen and oxygen atoms in total. The maximum Gasteiger partial charge on any atom is 0.270 e. The number of hydrogen-bond acceptors (Lipinski definition) is 5. The lowest BCUT2D eigenvalue weighted by atomic mass is 9.86. The van der Waals surface area contributed by atoms with Crippen LogP contribution in [0.2, 0.25) is 5.02 Å². The second kappa shape index (κ2) is 7.74. The molecule has 0 N–H and O–H groups in total. The number of halogens is 2. The van der Waals surface area contributed by atoms with Gasteiger partial charge in [-0.25, -0.2) is 4.39 Å². The molecule has 2 heterocycles. The molecule has 5 rings (SSSR count). The molecule has 2 unspecified atom stereocenters. The number of nitro benzene ring substituents is 1. The van der Waals surface area contributed by atoms with E-state index in [1.165, 1.54) is 35.2 Å². The molecule has 34 heavy (non-hydrogen) atoms. The van der Waals surface area contributed by atoms with Gasteiger partial charge in [-0.05, 0) is 48.4 Å². The Morgan fingerprint density at radius 2 is 1.56 bits per heavy atom. The maximum absolute atomic E-state index is 13.6. The number of nitro groups is 1. The van der Waals surface area contributed by atoms with Gasteiger partial charge in [0.15, 0.2) is 0 Å². The van der Waals surface area contributed by atoms with Crippen LogP contribution in [-0.2, 0) is 4.79 Å². The minimum Gasteiger partial charge on any atom is -0.300 e. The SMILES string of the molecule is Cc1ccc(N2C(=O)C(N3C(=O)c4ccc([N+](=O)[O-])cc4C3=O)C2c2ccc(F)cc2)cc1Cl. The summed E-state index contributed by atoms with van der Waals surface area (Å²) in [5.41, 5.74) is 1.27. The van der Waals surface area contributed by atoms with Gasteiger partial charge in [0.25, 0.3) is 23.4 Å². The van der Waals surface area contributed by atoms with Crippen LogP contribution in [0.25, 0.3) is 0 Å². The van der Waals surface area contributed by atoms with Gasteiger partial charge < -0.3 is 4.90 Å². The predicted molar refractivity (Wildman–Crippen MR) is 120 cm³/mol. The monoisotopic (exact) mass is 479 g/mol. The molecule has 2 aliphatic rings. The van der Waals surface area contributed by atoms with Gasteiger partial charge in [0.2, 0.25) is 0 Å². The van der Waals surface area contributed by atoms with Crippen molar-refractivity contribution in [2.45, 2.75) is 19.0 Å². The van der Waals surface area contributed by atoms with E-state index in [1.54, 1.807) is 18.2 Å². The predicted octanol–water partition coefficient (Wildman–Crippen LogP) is 4.45. The smallest absolute Gasteiger partial charge is 0.270 e. The number of fused-ring (bicyclic) bond motifs is 1. The van der Waals surface area contributed by atoms with Crippen LogP contribution in [0.3, 0.4) is 0 Å². The van der Waals surface area contributed by atoms with Gasteiger partial charge in [0, 0.05) is 22.8 Å². The summed E-state index contributed by atoms with van der Waals surface area (Å²) in [5, 5.41) is 11.6. The highest BCUT2D eigenvalue weighted by atomic mass is 35.5. The van der Waals surface area contributed by atoms with Gasteiger partial charge in [0.1, 0.15) is 11.9 Å². The quantitative estimate of drug-likeness (QED) is 0.238. The van der Waals surface area contributed by atoms with Gasteiger partial charge in [-0.3, -0.25) is 29.4 Å². The van der Waals surface area contributed by atoms with Gasteiger partial charge in [-0.2, -0.15) is 0 Å². The van der Waals surface area contributed by atoms with E-state index in [-0.39, 0.29) is 16.8 Å². The molecular formula is C24H15ClFN3O5. The summed E-state index contributed by atoms with van der Waals surface area (Å²) in [7, 11) is 0. The van der Waals surface area contributed by atoms with Gasteiger partial charge in [-0.15, -0.1) is 0 Å². The number of nitrogens with zero attached hydrogens (tertiary/aromatic N) is 3. The van der Waals surface area contributed by atoms with Crippen LogP contribution < -0.4 is 4.90 Å². The number of imide groups is 1. The molecule has 2 aliphatic heterocycles. The minimum absolute atomic E-state index is 0.0157. The van der Waals surface area contributed by atoms with Crippen LogP contribution in [0, 0.1) is 22.9 Å². The largest absolute Gasteiger partial charge is 0.300 e. The Hall–Kier alpha value is -4.11. The van der Waals surface area contributed by atoms with Crippen LogP contribution in [-0.4, -0.2) is 33.6 Å². The zero-order valence-electron chi connectivity index (χ0n) is 17.6. The Balaban J connectivity index is 1.58. The summed E-state index contributed by atoms with van der Waals surface area (Å²) < 4.78 is 13.6. The van der Waals surface area contributed by atoms with E-state index in [1.807, 2.05) is 6.92 Å². The Kier molecular flexibility index (Phi) is 4.94. The van der Waals surface area contributed by atoms with E-state index >= 15 is 0 Å². The Morgan fingerprint density at radius 1 is 0.882 bits per heavy atom. The second-order valence-electron chi connectivity index (χ2n) is 8.05. The number of anilines is 1. The fraction of sp³-hybridized carbons (Fsp3) is 0.125. The van der Waals surface area contributed by atoms with Crippen molar-refractivity contribution in [3.05, 3.63) is 104 Å². The van der Waals surface area contributed by atoms with E-state index in [9.17, 15) is 28.9 Å². The van der Waals surface area contributed by atoms with E-state index in [2.05, 4.69) is 0 Å². The number of carbonyl (C=O) groups excluding carboxylic acids is 3. The van der Waals surface area contributed by atoms with E-state index < -0.39 is 40.5 Å². The molecule has 3 aromatic rings. The van der Waals surface area contributed by atoms with E-state index in [0.29, 0.717) is 16.3 Å². The fourth-order valence-electron chi connectivity index (χ4n) is 4.35. The first-order valence-electron chi connectivity index (χ1n) is 10.2. The first-order chi connectivity index (χ1) is 16.2. The van der Waals surface area contributed by atoms with E-state index in [4.69, 9.17) is 11.6 Å². The summed E-state index contributed by atoms with van der Waals surface area (Å²) >= 11 is 6.25. The summed E-state index contributed by atoms with van der Waals surface area (Å²) in [4.78, 5) is 52.4. The zero-order chi connectivity index (χ0) is 24.3. The second-order valence-corrected chi connectivity index (χ2v) is 8.46. The van der Waals surface area contributed by atoms with Crippen LogP contribution in [0.15, 0.2) is 60.7 Å². The average Bonchev–Trinajstić information content (AvgIpc) is 3.05. The number of amides is 3. The lowest BCUT2D eigenvalue weighted by molar-refractivity contribution is -0.384. The number of aryl methyl sites for hydroxylation is 1. The molecule has 1 saturated heterocycles. The Labute approximate surface area is 197 Å². The number of non-ortho nitro benzene ring substituents is 1. The van der Waals surface area contributed by atoms with Crippen molar-refractivity contribution < 1.29 is 23.7 Å². The molecule has 3 aromatic carbocycles. The standard InChI is InChI=1S/C24H15ClFN3O5/c1-12-2-7-15(11-19(12)25)27-20(13-3-5-14(26)6-4-13)21(24(27)32)28-22(30)17-9-8-16(29(33)34)10-18(17)23(28)31/h2-11,20-21H,1H3. The summed E-state index contributed by atoms with van der Waals surface area (Å²) in [5.74, 6) is -2.53. The zero-order valence-corrected chi connectivity index (χ0v) is 18.3. The molecule has 3 amide bonds. The van der Waals surface area contributed by atoms with Crippen molar-refractivity contribution in [1.82, 2.24) is 4.90 Å². The van der Waals surface area contributed by atoms with Crippen LogP contribution >= 0.6 is 11.6 Å². The summed E-state index contributed by atoms with van der Waals surface area (Å²) in [6.45, 7) is 1.81. The summed E-state index contributed by atoms with van der Waals surface area (Å²) in [6.07, 6.45) is 0. The van der Waals surface area contributed by atoms with Crippen molar-refractivity contribution in [2.24, 2.45) is 0 Å². The molecule has 0 aliphatic carbocycles. The number of rotatable bonds is 4. The number of β-lactam (4-membered cyclic amide) rings is 1. The van der Waals surface area contributed by atoms with Crippen molar-refractivity contribution in [2.75, 3.05) is 4.90 Å².